The normalized spacial score (nSPS) is 15.5. The van der Waals surface area contributed by atoms with Crippen LogP contribution in [0.15, 0.2) is 65.1 Å². The zero-order chi connectivity index (χ0) is 21.8. The Morgan fingerprint density at radius 3 is 2.71 bits per heavy atom. The van der Waals surface area contributed by atoms with Gasteiger partial charge in [-0.25, -0.2) is 9.40 Å². The maximum Gasteiger partial charge on any atom is 0.262 e. The number of ether oxygens (including phenoxy) is 2. The van der Waals surface area contributed by atoms with E-state index in [1.54, 1.807) is 37.7 Å². The minimum Gasteiger partial charge on any atom is -0.493 e. The van der Waals surface area contributed by atoms with E-state index >= 15 is 0 Å². The van der Waals surface area contributed by atoms with Crippen LogP contribution in [0.2, 0.25) is 0 Å². The molecule has 0 bridgehead atoms. The Hall–Kier alpha value is -3.39. The van der Waals surface area contributed by atoms with Crippen molar-refractivity contribution in [1.29, 1.82) is 0 Å². The molecule has 1 N–H and O–H groups in total. The summed E-state index contributed by atoms with van der Waals surface area (Å²) < 4.78 is 24.2. The summed E-state index contributed by atoms with van der Waals surface area (Å²) in [7, 11) is 3.16. The van der Waals surface area contributed by atoms with Crippen LogP contribution in [0.1, 0.15) is 22.9 Å². The van der Waals surface area contributed by atoms with Crippen molar-refractivity contribution in [3.8, 4) is 11.5 Å². The predicted molar refractivity (Wildman–Crippen MR) is 119 cm³/mol. The number of amides is 1. The Bertz CT molecular complexity index is 1100. The van der Waals surface area contributed by atoms with E-state index in [2.05, 4.69) is 10.4 Å². The summed E-state index contributed by atoms with van der Waals surface area (Å²) in [6.07, 6.45) is 0.585. The van der Waals surface area contributed by atoms with Gasteiger partial charge in [0.2, 0.25) is 0 Å². The molecule has 1 amide bonds. The molecular weight excluding hydrogens is 417 g/mol. The predicted octanol–water partition coefficient (Wildman–Crippen LogP) is 4.69. The highest BCUT2D eigenvalue weighted by atomic mass is 32.1. The largest absolute Gasteiger partial charge is 0.493 e. The number of rotatable bonds is 7. The van der Waals surface area contributed by atoms with Gasteiger partial charge in [-0.05, 0) is 47.3 Å². The van der Waals surface area contributed by atoms with Crippen molar-refractivity contribution in [1.82, 2.24) is 5.01 Å². The number of hydrazone groups is 1. The van der Waals surface area contributed by atoms with Crippen LogP contribution in [-0.2, 0) is 4.79 Å². The SMILES string of the molecule is COc1ccc([C@@H]2CC(c3cccs3)=NN2C(=O)CNc2cccc(F)c2)cc1OC. The Morgan fingerprint density at radius 2 is 2.00 bits per heavy atom. The molecule has 160 valence electrons. The second-order valence-corrected chi connectivity index (χ2v) is 7.91. The number of carbonyl (C=O) groups excluding carboxylic acids is 1. The van der Waals surface area contributed by atoms with Gasteiger partial charge in [0.1, 0.15) is 5.82 Å². The zero-order valence-electron chi connectivity index (χ0n) is 17.2. The molecular formula is C23H22FN3O3S. The van der Waals surface area contributed by atoms with E-state index in [0.29, 0.717) is 23.6 Å². The van der Waals surface area contributed by atoms with Crippen molar-refractivity contribution in [2.45, 2.75) is 12.5 Å². The van der Waals surface area contributed by atoms with Gasteiger partial charge in [0.25, 0.3) is 5.91 Å². The molecule has 8 heteroatoms. The van der Waals surface area contributed by atoms with Crippen LogP contribution in [-0.4, -0.2) is 37.4 Å². The van der Waals surface area contributed by atoms with Crippen LogP contribution in [0, 0.1) is 5.82 Å². The Morgan fingerprint density at radius 1 is 1.16 bits per heavy atom. The first-order valence-corrected chi connectivity index (χ1v) is 10.6. The van der Waals surface area contributed by atoms with Crippen molar-refractivity contribution in [3.63, 3.8) is 0 Å². The number of methoxy groups -OCH3 is 2. The first-order chi connectivity index (χ1) is 15.1. The fourth-order valence-electron chi connectivity index (χ4n) is 3.51. The lowest BCUT2D eigenvalue weighted by molar-refractivity contribution is -0.131. The number of hydrogen-bond acceptors (Lipinski definition) is 6. The Balaban J connectivity index is 1.60. The highest BCUT2D eigenvalue weighted by Gasteiger charge is 2.33. The molecule has 0 radical (unpaired) electrons. The van der Waals surface area contributed by atoms with Gasteiger partial charge in [-0.3, -0.25) is 4.79 Å². The number of thiophene rings is 1. The van der Waals surface area contributed by atoms with Gasteiger partial charge in [0.15, 0.2) is 11.5 Å². The quantitative estimate of drug-likeness (QED) is 0.580. The molecule has 0 fully saturated rings. The topological polar surface area (TPSA) is 63.2 Å². The number of nitrogens with zero attached hydrogens (tertiary/aromatic N) is 2. The first-order valence-electron chi connectivity index (χ1n) is 9.74. The van der Waals surface area contributed by atoms with E-state index in [4.69, 9.17) is 9.47 Å². The summed E-state index contributed by atoms with van der Waals surface area (Å²) >= 11 is 1.59. The number of hydrogen-bond donors (Lipinski definition) is 1. The minimum atomic E-state index is -0.361. The molecule has 1 atom stereocenters. The van der Waals surface area contributed by atoms with Gasteiger partial charge in [0.05, 0.1) is 37.4 Å². The smallest absolute Gasteiger partial charge is 0.262 e. The molecule has 0 spiro atoms. The van der Waals surface area contributed by atoms with Crippen molar-refractivity contribution < 1.29 is 18.7 Å². The van der Waals surface area contributed by atoms with Crippen molar-refractivity contribution in [2.24, 2.45) is 5.10 Å². The van der Waals surface area contributed by atoms with E-state index in [0.717, 1.165) is 16.2 Å². The van der Waals surface area contributed by atoms with Gasteiger partial charge in [-0.15, -0.1) is 11.3 Å². The van der Waals surface area contributed by atoms with Crippen molar-refractivity contribution >= 4 is 28.6 Å². The third kappa shape index (κ3) is 4.54. The third-order valence-corrected chi connectivity index (χ3v) is 5.95. The van der Waals surface area contributed by atoms with Crippen LogP contribution in [0.4, 0.5) is 10.1 Å². The standard InChI is InChI=1S/C23H22FN3O3S/c1-29-20-9-8-15(11-21(20)30-2)19-13-18(22-7-4-10-31-22)26-27(19)23(28)14-25-17-6-3-5-16(24)12-17/h3-12,19,25H,13-14H2,1-2H3/t19-/m0/s1. The number of halogens is 1. The van der Waals surface area contributed by atoms with Gasteiger partial charge in [-0.1, -0.05) is 18.2 Å². The second kappa shape index (κ2) is 9.18. The molecule has 6 nitrogen and oxygen atoms in total. The zero-order valence-corrected chi connectivity index (χ0v) is 18.0. The molecule has 1 aliphatic rings. The van der Waals surface area contributed by atoms with Crippen molar-refractivity contribution in [2.75, 3.05) is 26.1 Å². The Kier molecular flexibility index (Phi) is 6.18. The van der Waals surface area contributed by atoms with E-state index < -0.39 is 0 Å². The summed E-state index contributed by atoms with van der Waals surface area (Å²) in [4.78, 5) is 14.1. The monoisotopic (exact) mass is 439 g/mol. The molecule has 3 aromatic rings. The van der Waals surface area contributed by atoms with Gasteiger partial charge in [-0.2, -0.15) is 5.10 Å². The van der Waals surface area contributed by atoms with E-state index in [1.807, 2.05) is 35.7 Å². The van der Waals surface area contributed by atoms with E-state index in [9.17, 15) is 9.18 Å². The van der Waals surface area contributed by atoms with Gasteiger partial charge >= 0.3 is 0 Å². The Labute approximate surface area is 183 Å². The maximum atomic E-state index is 13.4. The number of nitrogens with one attached hydrogen (secondary N) is 1. The molecule has 1 aromatic heterocycles. The van der Waals surface area contributed by atoms with Gasteiger partial charge < -0.3 is 14.8 Å². The average Bonchev–Trinajstić information content (AvgIpc) is 3.47. The minimum absolute atomic E-state index is 0.00549. The fraction of sp³-hybridized carbons (Fsp3) is 0.217. The molecule has 1 aliphatic heterocycles. The lowest BCUT2D eigenvalue weighted by atomic mass is 10.0. The average molecular weight is 440 g/mol. The number of carbonyl (C=O) groups is 1. The number of benzene rings is 2. The maximum absolute atomic E-state index is 13.4. The molecule has 2 aromatic carbocycles. The van der Waals surface area contributed by atoms with Crippen molar-refractivity contribution in [3.05, 3.63) is 76.2 Å². The summed E-state index contributed by atoms with van der Waals surface area (Å²) in [6.45, 7) is -0.00549. The molecule has 4 rings (SSSR count). The van der Waals surface area contributed by atoms with E-state index in [-0.39, 0.29) is 24.3 Å². The molecule has 0 saturated carbocycles. The first kappa shape index (κ1) is 20.9. The molecule has 31 heavy (non-hydrogen) atoms. The van der Waals surface area contributed by atoms with Crippen LogP contribution in [0.5, 0.6) is 11.5 Å². The van der Waals surface area contributed by atoms with Gasteiger partial charge in [0, 0.05) is 12.1 Å². The lowest BCUT2D eigenvalue weighted by Gasteiger charge is -2.23. The third-order valence-electron chi connectivity index (χ3n) is 5.03. The fourth-order valence-corrected chi connectivity index (χ4v) is 4.23. The summed E-state index contributed by atoms with van der Waals surface area (Å²) in [6, 6.07) is 15.3. The van der Waals surface area contributed by atoms with Crippen LogP contribution in [0.3, 0.4) is 0 Å². The lowest BCUT2D eigenvalue weighted by Crippen LogP contribution is -2.32. The summed E-state index contributed by atoms with van der Waals surface area (Å²) in [5.74, 6) is 0.639. The highest BCUT2D eigenvalue weighted by molar-refractivity contribution is 7.12. The molecule has 2 heterocycles. The van der Waals surface area contributed by atoms with E-state index in [1.165, 1.54) is 17.1 Å². The second-order valence-electron chi connectivity index (χ2n) is 6.96. The van der Waals surface area contributed by atoms with Crippen LogP contribution >= 0.6 is 11.3 Å². The molecule has 0 aliphatic carbocycles. The summed E-state index contributed by atoms with van der Waals surface area (Å²) in [5.41, 5.74) is 2.29. The van der Waals surface area contributed by atoms with Crippen LogP contribution in [0.25, 0.3) is 0 Å². The summed E-state index contributed by atoms with van der Waals surface area (Å²) in [5, 5.41) is 11.1. The number of anilines is 1. The highest BCUT2D eigenvalue weighted by Crippen LogP contribution is 2.37. The molecule has 0 saturated heterocycles. The van der Waals surface area contributed by atoms with Crippen LogP contribution < -0.4 is 14.8 Å². The molecule has 0 unspecified atom stereocenters.